The van der Waals surface area contributed by atoms with Crippen LogP contribution in [0.5, 0.6) is 0 Å². The summed E-state index contributed by atoms with van der Waals surface area (Å²) in [4.78, 5) is 37.2. The zero-order chi connectivity index (χ0) is 11.4. The summed E-state index contributed by atoms with van der Waals surface area (Å²) in [6.07, 6.45) is 0.507. The van der Waals surface area contributed by atoms with Gasteiger partial charge in [-0.3, -0.25) is 9.59 Å². The first-order valence-electron chi connectivity index (χ1n) is 4.05. The molecule has 0 aliphatic carbocycles. The highest BCUT2D eigenvalue weighted by Crippen LogP contribution is 2.12. The molecule has 0 aromatic rings. The number of amides is 2. The van der Waals surface area contributed by atoms with E-state index in [1.165, 1.54) is 0 Å². The average Bonchev–Trinajstić information content (AvgIpc) is 2.49. The number of imide groups is 1. The lowest BCUT2D eigenvalue weighted by Gasteiger charge is -2.12. The third kappa shape index (κ3) is 2.70. The van der Waals surface area contributed by atoms with Crippen LogP contribution in [0.15, 0.2) is 12.0 Å². The second-order valence-corrected chi connectivity index (χ2v) is 2.66. The Balaban J connectivity index is 2.58. The second-order valence-electron chi connectivity index (χ2n) is 2.66. The molecule has 0 bridgehead atoms. The van der Waals surface area contributed by atoms with Crippen LogP contribution in [-0.2, 0) is 24.0 Å². The van der Waals surface area contributed by atoms with E-state index in [1.807, 2.05) is 0 Å². The van der Waals surface area contributed by atoms with E-state index < -0.39 is 23.7 Å². The zero-order valence-corrected chi connectivity index (χ0v) is 7.89. The summed E-state index contributed by atoms with van der Waals surface area (Å²) < 4.78 is 4.16. The second kappa shape index (κ2) is 4.45. The van der Waals surface area contributed by atoms with E-state index >= 15 is 0 Å². The number of hydroxylamine groups is 2. The van der Waals surface area contributed by atoms with Crippen molar-refractivity contribution in [3.05, 3.63) is 12.0 Å². The fourth-order valence-electron chi connectivity index (χ4n) is 0.929. The molecule has 7 heteroatoms. The van der Waals surface area contributed by atoms with Gasteiger partial charge >= 0.3 is 5.97 Å². The Bertz CT molecular complexity index is 318. The summed E-state index contributed by atoms with van der Waals surface area (Å²) in [6.45, 7) is 0. The largest absolute Gasteiger partial charge is 0.616 e. The Morgan fingerprint density at radius 3 is 2.40 bits per heavy atom. The van der Waals surface area contributed by atoms with E-state index in [0.29, 0.717) is 11.1 Å². The third-order valence-corrected chi connectivity index (χ3v) is 1.62. The molecule has 1 aliphatic rings. The van der Waals surface area contributed by atoms with Gasteiger partial charge in [0.2, 0.25) is 0 Å². The summed E-state index contributed by atoms with van der Waals surface area (Å²) in [5.41, 5.74) is 0. The van der Waals surface area contributed by atoms with Crippen LogP contribution in [0, 0.1) is 0 Å². The fourth-order valence-corrected chi connectivity index (χ4v) is 0.929. The molecular weight excluding hydrogens is 206 g/mol. The third-order valence-electron chi connectivity index (χ3n) is 1.62. The summed E-state index contributed by atoms with van der Waals surface area (Å²) in [6, 6.07) is 0. The van der Waals surface area contributed by atoms with Crippen LogP contribution in [0.2, 0.25) is 0 Å². The van der Waals surface area contributed by atoms with Crippen molar-refractivity contribution in [2.24, 2.45) is 0 Å². The molecule has 7 nitrogen and oxygen atoms in total. The predicted molar refractivity (Wildman–Crippen MR) is 42.3 cm³/mol. The lowest BCUT2D eigenvalue weighted by atomic mass is 10.4. The minimum atomic E-state index is -1.12. The van der Waals surface area contributed by atoms with Crippen LogP contribution in [0.3, 0.4) is 0 Å². The number of nitrogens with zero attached hydrogens (tertiary/aromatic N) is 1. The van der Waals surface area contributed by atoms with Crippen LogP contribution < -0.4 is 5.11 Å². The first-order chi connectivity index (χ1) is 7.04. The van der Waals surface area contributed by atoms with Crippen molar-refractivity contribution >= 4 is 17.8 Å². The highest BCUT2D eigenvalue weighted by Gasteiger charge is 2.32. The molecule has 15 heavy (non-hydrogen) atoms. The van der Waals surface area contributed by atoms with Gasteiger partial charge in [-0.05, 0) is 7.11 Å². The monoisotopic (exact) mass is 214 g/mol. The Labute approximate surface area is 84.8 Å². The summed E-state index contributed by atoms with van der Waals surface area (Å²) in [7, 11) is 1.08. The molecular formula is C8H8NO6-. The Hall–Kier alpha value is -2.05. The fraction of sp³-hybridized carbons (Fsp3) is 0.375. The normalized spacial score (nSPS) is 16.9. The molecule has 1 saturated heterocycles. The molecule has 1 rings (SSSR count). The van der Waals surface area contributed by atoms with Gasteiger partial charge in [-0.15, -0.1) is 5.06 Å². The standard InChI is InChI=1S/C8H9NO6/c1-14-7(12)4-8(13)15-9-5(10)2-3-6(9)11/h4,12H,2-3H2,1H3/p-1. The van der Waals surface area contributed by atoms with Crippen molar-refractivity contribution in [1.82, 2.24) is 5.06 Å². The van der Waals surface area contributed by atoms with Crippen molar-refractivity contribution in [3.8, 4) is 0 Å². The highest BCUT2D eigenvalue weighted by atomic mass is 16.7. The molecule has 0 N–H and O–H groups in total. The summed E-state index contributed by atoms with van der Waals surface area (Å²) >= 11 is 0. The summed E-state index contributed by atoms with van der Waals surface area (Å²) in [5.74, 6) is -3.25. The number of carbonyl (C=O) groups is 3. The number of carbonyl (C=O) groups excluding carboxylic acids is 3. The van der Waals surface area contributed by atoms with Crippen LogP contribution in [0.25, 0.3) is 0 Å². The molecule has 0 saturated carbocycles. The van der Waals surface area contributed by atoms with Gasteiger partial charge in [-0.25, -0.2) is 4.79 Å². The quantitative estimate of drug-likeness (QED) is 0.320. The van der Waals surface area contributed by atoms with Gasteiger partial charge in [-0.2, -0.15) is 0 Å². The van der Waals surface area contributed by atoms with E-state index in [9.17, 15) is 19.5 Å². The SMILES string of the molecule is COC([O-])=CC(=O)ON1C(=O)CCC1=O. The lowest BCUT2D eigenvalue weighted by molar-refractivity contribution is -0.353. The molecule has 1 aliphatic heterocycles. The van der Waals surface area contributed by atoms with E-state index in [2.05, 4.69) is 9.57 Å². The number of ether oxygens (including phenoxy) is 1. The van der Waals surface area contributed by atoms with Gasteiger partial charge in [0.25, 0.3) is 11.8 Å². The van der Waals surface area contributed by atoms with E-state index in [-0.39, 0.29) is 12.8 Å². The Morgan fingerprint density at radius 2 is 1.93 bits per heavy atom. The topological polar surface area (TPSA) is 96.0 Å². The van der Waals surface area contributed by atoms with Crippen molar-refractivity contribution in [2.45, 2.75) is 12.8 Å². The minimum absolute atomic E-state index is 0.00430. The van der Waals surface area contributed by atoms with E-state index in [0.717, 1.165) is 7.11 Å². The van der Waals surface area contributed by atoms with Crippen LogP contribution in [0.4, 0.5) is 0 Å². The predicted octanol–water partition coefficient (Wildman–Crippen LogP) is -1.56. The maximum absolute atomic E-state index is 11.0. The number of methoxy groups -OCH3 is 1. The molecule has 1 heterocycles. The van der Waals surface area contributed by atoms with Crippen molar-refractivity contribution in [1.29, 1.82) is 0 Å². The highest BCUT2D eigenvalue weighted by molar-refractivity contribution is 6.02. The van der Waals surface area contributed by atoms with E-state index in [1.54, 1.807) is 0 Å². The van der Waals surface area contributed by atoms with Crippen molar-refractivity contribution in [2.75, 3.05) is 7.11 Å². The van der Waals surface area contributed by atoms with Gasteiger partial charge in [-0.1, -0.05) is 0 Å². The molecule has 0 radical (unpaired) electrons. The Morgan fingerprint density at radius 1 is 1.40 bits per heavy atom. The first-order valence-corrected chi connectivity index (χ1v) is 4.05. The molecule has 0 aromatic carbocycles. The molecule has 0 atom stereocenters. The van der Waals surface area contributed by atoms with Crippen LogP contribution >= 0.6 is 0 Å². The Kier molecular flexibility index (Phi) is 3.27. The number of hydrogen-bond acceptors (Lipinski definition) is 6. The van der Waals surface area contributed by atoms with Crippen molar-refractivity contribution in [3.63, 3.8) is 0 Å². The number of hydrogen-bond donors (Lipinski definition) is 0. The van der Waals surface area contributed by atoms with Gasteiger partial charge in [0.15, 0.2) is 0 Å². The smallest absolute Gasteiger partial charge is 0.358 e. The molecule has 82 valence electrons. The molecule has 1 fully saturated rings. The minimum Gasteiger partial charge on any atom is -0.616 e. The number of rotatable bonds is 3. The first kappa shape index (κ1) is 11.0. The van der Waals surface area contributed by atoms with Gasteiger partial charge in [0.05, 0.1) is 5.95 Å². The lowest BCUT2D eigenvalue weighted by Crippen LogP contribution is -2.31. The summed E-state index contributed by atoms with van der Waals surface area (Å²) in [5, 5.41) is 10.9. The van der Waals surface area contributed by atoms with Gasteiger partial charge in [0, 0.05) is 18.9 Å². The van der Waals surface area contributed by atoms with Crippen molar-refractivity contribution < 1.29 is 29.1 Å². The van der Waals surface area contributed by atoms with E-state index in [4.69, 9.17) is 0 Å². The van der Waals surface area contributed by atoms with Gasteiger partial charge < -0.3 is 14.7 Å². The molecule has 2 amide bonds. The average molecular weight is 214 g/mol. The van der Waals surface area contributed by atoms with Gasteiger partial charge in [0.1, 0.15) is 0 Å². The molecule has 0 aromatic heterocycles. The van der Waals surface area contributed by atoms with Crippen LogP contribution in [-0.4, -0.2) is 30.0 Å². The zero-order valence-electron chi connectivity index (χ0n) is 7.89. The van der Waals surface area contributed by atoms with Crippen LogP contribution in [0.1, 0.15) is 12.8 Å². The maximum Gasteiger partial charge on any atom is 0.358 e. The molecule has 0 unspecified atom stereocenters. The maximum atomic E-state index is 11.0. The molecule has 0 spiro atoms.